The summed E-state index contributed by atoms with van der Waals surface area (Å²) >= 11 is 0. The lowest BCUT2D eigenvalue weighted by molar-refractivity contribution is -0.276. The van der Waals surface area contributed by atoms with Crippen molar-refractivity contribution < 1.29 is 19.4 Å². The lowest BCUT2D eigenvalue weighted by Crippen LogP contribution is -2.39. The zero-order valence-corrected chi connectivity index (χ0v) is 22.1. The third-order valence-corrected chi connectivity index (χ3v) is 7.37. The van der Waals surface area contributed by atoms with Gasteiger partial charge in [-0.1, -0.05) is 55.5 Å². The average molecular weight is 535 g/mol. The van der Waals surface area contributed by atoms with Gasteiger partial charge in [0.05, 0.1) is 48.3 Å². The van der Waals surface area contributed by atoms with Gasteiger partial charge in [-0.3, -0.25) is 9.78 Å². The highest BCUT2D eigenvalue weighted by molar-refractivity contribution is 6.04. The molecule has 5 aromatic rings. The van der Waals surface area contributed by atoms with Gasteiger partial charge in [-0.25, -0.2) is 4.98 Å². The molecule has 2 N–H and O–H groups in total. The van der Waals surface area contributed by atoms with Crippen LogP contribution in [-0.4, -0.2) is 31.7 Å². The van der Waals surface area contributed by atoms with Gasteiger partial charge in [0.2, 0.25) is 0 Å². The molecule has 2 aromatic heterocycles. The molecule has 202 valence electrons. The second-order valence-corrected chi connectivity index (χ2v) is 10.0. The van der Waals surface area contributed by atoms with Gasteiger partial charge in [0.15, 0.2) is 6.29 Å². The number of aliphatic hydroxyl groups is 1. The van der Waals surface area contributed by atoms with Gasteiger partial charge in [0.25, 0.3) is 5.91 Å². The van der Waals surface area contributed by atoms with Gasteiger partial charge in [-0.05, 0) is 47.5 Å². The summed E-state index contributed by atoms with van der Waals surface area (Å²) < 4.78 is 15.3. The lowest BCUT2D eigenvalue weighted by atomic mass is 9.90. The van der Waals surface area contributed by atoms with Crippen LogP contribution < -0.4 is 5.32 Å². The number of nitrogens with zero attached hydrogens (tertiary/aromatic N) is 3. The van der Waals surface area contributed by atoms with Gasteiger partial charge in [-0.15, -0.1) is 0 Å². The number of hydrogen-bond acceptors (Lipinski definition) is 6. The predicted octanol–water partition coefficient (Wildman–Crippen LogP) is 5.67. The molecule has 40 heavy (non-hydrogen) atoms. The van der Waals surface area contributed by atoms with Crippen molar-refractivity contribution in [2.45, 2.75) is 38.6 Å². The van der Waals surface area contributed by atoms with Gasteiger partial charge >= 0.3 is 0 Å². The third-order valence-electron chi connectivity index (χ3n) is 7.37. The van der Waals surface area contributed by atoms with E-state index in [-0.39, 0.29) is 30.6 Å². The van der Waals surface area contributed by atoms with Crippen molar-refractivity contribution in [2.75, 3.05) is 5.32 Å². The van der Waals surface area contributed by atoms with Crippen LogP contribution in [0.1, 0.15) is 46.4 Å². The molecule has 0 bridgehead atoms. The zero-order chi connectivity index (χ0) is 27.5. The summed E-state index contributed by atoms with van der Waals surface area (Å²) in [7, 11) is 0. The molecule has 0 aliphatic carbocycles. The lowest BCUT2D eigenvalue weighted by Gasteiger charge is -2.41. The second kappa shape index (κ2) is 11.4. The van der Waals surface area contributed by atoms with Gasteiger partial charge in [0, 0.05) is 29.6 Å². The van der Waals surface area contributed by atoms with Gasteiger partial charge in [-0.2, -0.15) is 0 Å². The number of carbonyl (C=O) groups excluding carboxylic acids is 1. The van der Waals surface area contributed by atoms with Crippen molar-refractivity contribution in [2.24, 2.45) is 5.92 Å². The molecule has 0 saturated carbocycles. The maximum absolute atomic E-state index is 12.7. The number of nitrogens with one attached hydrogen (secondary N) is 1. The average Bonchev–Trinajstić information content (AvgIpc) is 3.41. The summed E-state index contributed by atoms with van der Waals surface area (Å²) in [6.07, 6.45) is 3.92. The molecule has 1 amide bonds. The minimum absolute atomic E-state index is 0.0129. The Morgan fingerprint density at radius 1 is 0.975 bits per heavy atom. The summed E-state index contributed by atoms with van der Waals surface area (Å²) in [6, 6.07) is 26.9. The molecule has 8 nitrogen and oxygen atoms in total. The minimum atomic E-state index is -0.659. The molecule has 1 aliphatic heterocycles. The standard InChI is InChI=1S/C32H30N4O4/c1-21-29(18-36-20-34-27-9-2-3-10-28(27)36)39-32(40-30(21)23-13-11-22(19-37)12-14-23)24-6-4-8-26(16-24)35-31(38)25-7-5-15-33-17-25/h2-17,20-21,29-30,32,37H,18-19H2,1H3,(H,35,38)/t21-,29+,30+,32+/m0/s1. The van der Waals surface area contributed by atoms with Crippen LogP contribution in [0, 0.1) is 5.92 Å². The number of pyridine rings is 1. The quantitative estimate of drug-likeness (QED) is 0.279. The molecule has 6 rings (SSSR count). The first-order chi connectivity index (χ1) is 19.6. The summed E-state index contributed by atoms with van der Waals surface area (Å²) in [5.74, 6) is -0.220. The van der Waals surface area contributed by atoms with Crippen molar-refractivity contribution in [1.82, 2.24) is 14.5 Å². The molecule has 8 heteroatoms. The molecule has 3 aromatic carbocycles. The molecule has 0 unspecified atom stereocenters. The normalized spacial score (nSPS) is 20.9. The molecular formula is C32H30N4O4. The summed E-state index contributed by atoms with van der Waals surface area (Å²) in [5.41, 5.74) is 5.76. The highest BCUT2D eigenvalue weighted by atomic mass is 16.7. The molecular weight excluding hydrogens is 504 g/mol. The van der Waals surface area contributed by atoms with Crippen molar-refractivity contribution in [3.05, 3.63) is 126 Å². The molecule has 3 heterocycles. The number of benzene rings is 3. The van der Waals surface area contributed by atoms with Crippen LogP contribution in [0.4, 0.5) is 5.69 Å². The highest BCUT2D eigenvalue weighted by Gasteiger charge is 2.38. The first kappa shape index (κ1) is 25.9. The van der Waals surface area contributed by atoms with Crippen LogP contribution in [0.5, 0.6) is 0 Å². The van der Waals surface area contributed by atoms with Crippen LogP contribution in [0.3, 0.4) is 0 Å². The number of amides is 1. The van der Waals surface area contributed by atoms with E-state index in [1.807, 2.05) is 73.1 Å². The van der Waals surface area contributed by atoms with E-state index in [9.17, 15) is 9.90 Å². The summed E-state index contributed by atoms with van der Waals surface area (Å²) in [4.78, 5) is 21.3. The monoisotopic (exact) mass is 534 g/mol. The molecule has 0 radical (unpaired) electrons. The van der Waals surface area contributed by atoms with E-state index in [0.717, 1.165) is 27.7 Å². The Hall–Kier alpha value is -4.37. The van der Waals surface area contributed by atoms with E-state index in [4.69, 9.17) is 9.47 Å². The van der Waals surface area contributed by atoms with Gasteiger partial charge in [0.1, 0.15) is 0 Å². The maximum atomic E-state index is 12.7. The zero-order valence-electron chi connectivity index (χ0n) is 22.1. The number of ether oxygens (including phenoxy) is 2. The van der Waals surface area contributed by atoms with Crippen LogP contribution in [-0.2, 0) is 22.6 Å². The highest BCUT2D eigenvalue weighted by Crippen LogP contribution is 2.42. The van der Waals surface area contributed by atoms with Crippen LogP contribution in [0.25, 0.3) is 11.0 Å². The van der Waals surface area contributed by atoms with E-state index in [0.29, 0.717) is 17.8 Å². The van der Waals surface area contributed by atoms with Crippen LogP contribution >= 0.6 is 0 Å². The van der Waals surface area contributed by atoms with E-state index in [1.54, 1.807) is 18.3 Å². The minimum Gasteiger partial charge on any atom is -0.392 e. The second-order valence-electron chi connectivity index (χ2n) is 10.0. The molecule has 4 atom stereocenters. The number of imidazole rings is 1. The SMILES string of the molecule is C[C@H]1[C@@H](Cn2cnc3ccccc32)O[C@@H](c2cccc(NC(=O)c3cccnc3)c2)O[C@H]1c1ccc(CO)cc1. The largest absolute Gasteiger partial charge is 0.392 e. The third kappa shape index (κ3) is 5.37. The smallest absolute Gasteiger partial charge is 0.257 e. The molecule has 1 saturated heterocycles. The topological polar surface area (TPSA) is 98.5 Å². The van der Waals surface area contributed by atoms with Crippen molar-refractivity contribution in [1.29, 1.82) is 0 Å². The Morgan fingerprint density at radius 3 is 2.62 bits per heavy atom. The number of carbonyl (C=O) groups is 1. The Labute approximate surface area is 232 Å². The number of aromatic nitrogens is 3. The summed E-state index contributed by atoms with van der Waals surface area (Å²) in [6.45, 7) is 2.72. The first-order valence-corrected chi connectivity index (χ1v) is 13.3. The molecule has 1 aliphatic rings. The number of rotatable bonds is 7. The fourth-order valence-electron chi connectivity index (χ4n) is 5.14. The number of anilines is 1. The van der Waals surface area contributed by atoms with E-state index in [1.165, 1.54) is 6.20 Å². The van der Waals surface area contributed by atoms with E-state index in [2.05, 4.69) is 32.8 Å². The molecule has 0 spiro atoms. The number of aliphatic hydroxyl groups excluding tert-OH is 1. The number of hydrogen-bond donors (Lipinski definition) is 2. The predicted molar refractivity (Wildman–Crippen MR) is 151 cm³/mol. The van der Waals surface area contributed by atoms with Crippen LogP contribution in [0.2, 0.25) is 0 Å². The van der Waals surface area contributed by atoms with Crippen molar-refractivity contribution >= 4 is 22.6 Å². The van der Waals surface area contributed by atoms with Crippen molar-refractivity contribution in [3.63, 3.8) is 0 Å². The van der Waals surface area contributed by atoms with E-state index >= 15 is 0 Å². The Bertz CT molecular complexity index is 1600. The van der Waals surface area contributed by atoms with Gasteiger partial charge < -0.3 is 24.5 Å². The Morgan fingerprint density at radius 2 is 1.82 bits per heavy atom. The Kier molecular flexibility index (Phi) is 7.37. The maximum Gasteiger partial charge on any atom is 0.257 e. The first-order valence-electron chi connectivity index (χ1n) is 13.3. The fourth-order valence-corrected chi connectivity index (χ4v) is 5.14. The van der Waals surface area contributed by atoms with Crippen LogP contribution in [0.15, 0.2) is 104 Å². The number of fused-ring (bicyclic) bond motifs is 1. The van der Waals surface area contributed by atoms with Crippen molar-refractivity contribution in [3.8, 4) is 0 Å². The molecule has 1 fully saturated rings. The van der Waals surface area contributed by atoms with E-state index < -0.39 is 6.29 Å². The summed E-state index contributed by atoms with van der Waals surface area (Å²) in [5, 5.41) is 12.5. The Balaban J connectivity index is 1.30. The number of para-hydroxylation sites is 2. The fraction of sp³-hybridized carbons (Fsp3) is 0.219.